The first kappa shape index (κ1) is 13.5. The van der Waals surface area contributed by atoms with Gasteiger partial charge in [-0.25, -0.2) is 4.79 Å². The third-order valence-corrected chi connectivity index (χ3v) is 2.85. The number of nitrogens with zero attached hydrogens (tertiary/aromatic N) is 1. The third kappa shape index (κ3) is 2.74. The van der Waals surface area contributed by atoms with Gasteiger partial charge in [0.1, 0.15) is 5.69 Å². The molecule has 0 aliphatic carbocycles. The van der Waals surface area contributed by atoms with E-state index in [4.69, 9.17) is 10.8 Å². The molecule has 1 amide bonds. The molecule has 0 radical (unpaired) electrons. The van der Waals surface area contributed by atoms with Crippen molar-refractivity contribution in [1.29, 1.82) is 0 Å². The van der Waals surface area contributed by atoms with Gasteiger partial charge in [-0.05, 0) is 23.8 Å². The van der Waals surface area contributed by atoms with Gasteiger partial charge in [0, 0.05) is 11.6 Å². The number of carboxylic acid groups (broad SMARTS) is 1. The lowest BCUT2D eigenvalue weighted by Crippen LogP contribution is -2.25. The number of benzene rings is 1. The molecule has 0 atom stereocenters. The van der Waals surface area contributed by atoms with E-state index in [0.29, 0.717) is 11.1 Å². The lowest BCUT2D eigenvalue weighted by molar-refractivity contribution is 0.0683. The first-order valence-electron chi connectivity index (χ1n) is 5.81. The van der Waals surface area contributed by atoms with Gasteiger partial charge in [0.15, 0.2) is 0 Å². The number of carbonyl (C=O) groups excluding carboxylic acids is 1. The Hall–Kier alpha value is -2.89. The molecular formula is C14H12N2O4. The van der Waals surface area contributed by atoms with Crippen molar-refractivity contribution in [3.8, 4) is 0 Å². The minimum atomic E-state index is -1.17. The molecule has 2 aromatic rings. The predicted molar refractivity (Wildman–Crippen MR) is 71.7 cm³/mol. The summed E-state index contributed by atoms with van der Waals surface area (Å²) in [6.07, 6.45) is 0. The van der Waals surface area contributed by atoms with Gasteiger partial charge in [0.25, 0.3) is 5.56 Å². The van der Waals surface area contributed by atoms with Crippen LogP contribution in [0.3, 0.4) is 0 Å². The molecule has 6 nitrogen and oxygen atoms in total. The van der Waals surface area contributed by atoms with Crippen LogP contribution in [0.2, 0.25) is 0 Å². The van der Waals surface area contributed by atoms with Crippen molar-refractivity contribution in [2.45, 2.75) is 6.54 Å². The lowest BCUT2D eigenvalue weighted by Gasteiger charge is -2.09. The van der Waals surface area contributed by atoms with Crippen molar-refractivity contribution in [3.05, 3.63) is 69.6 Å². The van der Waals surface area contributed by atoms with Crippen LogP contribution >= 0.6 is 0 Å². The fourth-order valence-electron chi connectivity index (χ4n) is 1.83. The first-order valence-corrected chi connectivity index (χ1v) is 5.81. The standard InChI is InChI=1S/C14H12N2O4/c15-13(18)10-6-4-9(5-7-10)8-16-11(14(19)20)2-1-3-12(16)17/h1-7H,8H2,(H2,15,18)(H,19,20). The molecule has 102 valence electrons. The lowest BCUT2D eigenvalue weighted by atomic mass is 10.1. The van der Waals surface area contributed by atoms with Crippen LogP contribution in [-0.4, -0.2) is 21.6 Å². The summed E-state index contributed by atoms with van der Waals surface area (Å²) in [6.45, 7) is 0.111. The number of rotatable bonds is 4. The van der Waals surface area contributed by atoms with Gasteiger partial charge in [0.2, 0.25) is 5.91 Å². The maximum atomic E-state index is 11.7. The monoisotopic (exact) mass is 272 g/mol. The van der Waals surface area contributed by atoms with Crippen LogP contribution in [-0.2, 0) is 6.54 Å². The average molecular weight is 272 g/mol. The molecule has 6 heteroatoms. The fraction of sp³-hybridized carbons (Fsp3) is 0.0714. The summed E-state index contributed by atoms with van der Waals surface area (Å²) in [5.41, 5.74) is 5.70. The number of nitrogens with two attached hydrogens (primary N) is 1. The molecule has 1 aromatic carbocycles. The molecule has 1 heterocycles. The number of hydrogen-bond acceptors (Lipinski definition) is 3. The van der Waals surface area contributed by atoms with Gasteiger partial charge in [-0.3, -0.25) is 14.2 Å². The normalized spacial score (nSPS) is 10.2. The average Bonchev–Trinajstić information content (AvgIpc) is 2.41. The van der Waals surface area contributed by atoms with Crippen LogP contribution < -0.4 is 11.3 Å². The van der Waals surface area contributed by atoms with Crippen LogP contribution in [0.1, 0.15) is 26.4 Å². The van der Waals surface area contributed by atoms with Crippen LogP contribution in [0, 0.1) is 0 Å². The number of primary amides is 1. The van der Waals surface area contributed by atoms with Crippen LogP contribution in [0.25, 0.3) is 0 Å². The van der Waals surface area contributed by atoms with Gasteiger partial charge in [0.05, 0.1) is 6.54 Å². The molecule has 0 aliphatic rings. The molecule has 0 aliphatic heterocycles. The molecule has 0 fully saturated rings. The Balaban J connectivity index is 2.37. The van der Waals surface area contributed by atoms with E-state index < -0.39 is 17.4 Å². The Labute approximate surface area is 114 Å². The largest absolute Gasteiger partial charge is 0.477 e. The van der Waals surface area contributed by atoms with E-state index in [1.165, 1.54) is 30.3 Å². The molecule has 20 heavy (non-hydrogen) atoms. The maximum absolute atomic E-state index is 11.7. The van der Waals surface area contributed by atoms with Gasteiger partial charge < -0.3 is 10.8 Å². The highest BCUT2D eigenvalue weighted by Gasteiger charge is 2.11. The summed E-state index contributed by atoms with van der Waals surface area (Å²) in [5.74, 6) is -1.71. The SMILES string of the molecule is NC(=O)c1ccc(Cn2c(C(=O)O)cccc2=O)cc1. The molecule has 0 spiro atoms. The molecule has 2 rings (SSSR count). The summed E-state index contributed by atoms with van der Waals surface area (Å²) >= 11 is 0. The molecule has 3 N–H and O–H groups in total. The highest BCUT2D eigenvalue weighted by Crippen LogP contribution is 2.07. The van der Waals surface area contributed by atoms with E-state index in [9.17, 15) is 14.4 Å². The zero-order valence-corrected chi connectivity index (χ0v) is 10.4. The van der Waals surface area contributed by atoms with Crippen LogP contribution in [0.15, 0.2) is 47.3 Å². The number of amides is 1. The second-order valence-corrected chi connectivity index (χ2v) is 4.20. The third-order valence-electron chi connectivity index (χ3n) is 2.85. The summed E-state index contributed by atoms with van der Waals surface area (Å²) in [7, 11) is 0. The Morgan fingerprint density at radius 3 is 2.30 bits per heavy atom. The highest BCUT2D eigenvalue weighted by atomic mass is 16.4. The quantitative estimate of drug-likeness (QED) is 0.854. The molecule has 0 saturated heterocycles. The zero-order valence-electron chi connectivity index (χ0n) is 10.4. The topological polar surface area (TPSA) is 102 Å². The Morgan fingerprint density at radius 2 is 1.75 bits per heavy atom. The zero-order chi connectivity index (χ0) is 14.7. The van der Waals surface area contributed by atoms with Gasteiger partial charge >= 0.3 is 5.97 Å². The van der Waals surface area contributed by atoms with E-state index in [1.54, 1.807) is 12.1 Å². The van der Waals surface area contributed by atoms with E-state index >= 15 is 0 Å². The fourth-order valence-corrected chi connectivity index (χ4v) is 1.83. The van der Waals surface area contributed by atoms with Crippen LogP contribution in [0.5, 0.6) is 0 Å². The van der Waals surface area contributed by atoms with E-state index in [1.807, 2.05) is 0 Å². The van der Waals surface area contributed by atoms with Crippen molar-refractivity contribution < 1.29 is 14.7 Å². The summed E-state index contributed by atoms with van der Waals surface area (Å²) in [6, 6.07) is 10.4. The van der Waals surface area contributed by atoms with Crippen molar-refractivity contribution in [3.63, 3.8) is 0 Å². The van der Waals surface area contributed by atoms with Crippen LogP contribution in [0.4, 0.5) is 0 Å². The maximum Gasteiger partial charge on any atom is 0.352 e. The number of carbonyl (C=O) groups is 2. The van der Waals surface area contributed by atoms with Gasteiger partial charge in [-0.1, -0.05) is 18.2 Å². The second kappa shape index (κ2) is 5.40. The van der Waals surface area contributed by atoms with Gasteiger partial charge in [-0.2, -0.15) is 0 Å². The minimum Gasteiger partial charge on any atom is -0.477 e. The van der Waals surface area contributed by atoms with Crippen molar-refractivity contribution in [2.24, 2.45) is 5.73 Å². The summed E-state index contributed by atoms with van der Waals surface area (Å²) in [4.78, 5) is 33.8. The van der Waals surface area contributed by atoms with Crippen molar-refractivity contribution in [2.75, 3.05) is 0 Å². The molecule has 0 saturated carbocycles. The summed E-state index contributed by atoms with van der Waals surface area (Å²) in [5, 5.41) is 9.06. The molecule has 0 bridgehead atoms. The summed E-state index contributed by atoms with van der Waals surface area (Å²) < 4.78 is 1.15. The number of pyridine rings is 1. The Morgan fingerprint density at radius 1 is 1.10 bits per heavy atom. The predicted octanol–water partition coefficient (Wildman–Crippen LogP) is 0.694. The number of hydrogen-bond donors (Lipinski definition) is 2. The first-order chi connectivity index (χ1) is 9.49. The number of aromatic nitrogens is 1. The van der Waals surface area contributed by atoms with E-state index in [-0.39, 0.29) is 12.2 Å². The van der Waals surface area contributed by atoms with E-state index in [0.717, 1.165) is 4.57 Å². The molecular weight excluding hydrogens is 260 g/mol. The number of aromatic carboxylic acids is 1. The van der Waals surface area contributed by atoms with Crippen molar-refractivity contribution in [1.82, 2.24) is 4.57 Å². The van der Waals surface area contributed by atoms with E-state index in [2.05, 4.69) is 0 Å². The minimum absolute atomic E-state index is 0.0866. The van der Waals surface area contributed by atoms with Crippen molar-refractivity contribution >= 4 is 11.9 Å². The second-order valence-electron chi connectivity index (χ2n) is 4.20. The Bertz CT molecular complexity index is 717. The molecule has 1 aromatic heterocycles. The highest BCUT2D eigenvalue weighted by molar-refractivity contribution is 5.92. The Kier molecular flexibility index (Phi) is 3.65. The molecule has 0 unspecified atom stereocenters. The smallest absolute Gasteiger partial charge is 0.352 e. The van der Waals surface area contributed by atoms with Gasteiger partial charge in [-0.15, -0.1) is 0 Å². The number of carboxylic acids is 1.